The molecule has 2 N–H and O–H groups in total. The first-order valence-corrected chi connectivity index (χ1v) is 7.85. The van der Waals surface area contributed by atoms with Gasteiger partial charge in [-0.15, -0.1) is 0 Å². The molecule has 0 saturated heterocycles. The minimum atomic E-state index is 0.181. The standard InChI is InChI=1S/C17H25NO/c18-17(13-6-3-1-2-4-7-13)14-8-5-9-16(12-14)19-15-10-11-15/h5,8-9,12-13,15,17H,1-4,6-7,10-11,18H2. The first-order chi connectivity index (χ1) is 9.33. The summed E-state index contributed by atoms with van der Waals surface area (Å²) in [5, 5.41) is 0. The molecule has 2 heteroatoms. The van der Waals surface area contributed by atoms with Gasteiger partial charge in [0.15, 0.2) is 0 Å². The first-order valence-electron chi connectivity index (χ1n) is 7.85. The van der Waals surface area contributed by atoms with Gasteiger partial charge >= 0.3 is 0 Å². The predicted octanol–water partition coefficient (Wildman–Crippen LogP) is 4.20. The summed E-state index contributed by atoms with van der Waals surface area (Å²) in [6.07, 6.45) is 10.9. The Labute approximate surface area is 116 Å². The fourth-order valence-corrected chi connectivity index (χ4v) is 3.12. The molecule has 2 nitrogen and oxygen atoms in total. The van der Waals surface area contributed by atoms with Gasteiger partial charge < -0.3 is 10.5 Å². The van der Waals surface area contributed by atoms with Crippen molar-refractivity contribution < 1.29 is 4.74 Å². The Balaban J connectivity index is 1.68. The summed E-state index contributed by atoms with van der Waals surface area (Å²) in [5.74, 6) is 1.66. The molecule has 1 unspecified atom stereocenters. The van der Waals surface area contributed by atoms with Crippen LogP contribution in [0.25, 0.3) is 0 Å². The number of rotatable bonds is 4. The summed E-state index contributed by atoms with van der Waals surface area (Å²) in [6, 6.07) is 8.65. The summed E-state index contributed by atoms with van der Waals surface area (Å²) in [7, 11) is 0. The number of benzene rings is 1. The van der Waals surface area contributed by atoms with E-state index in [0.717, 1.165) is 5.75 Å². The van der Waals surface area contributed by atoms with E-state index in [4.69, 9.17) is 10.5 Å². The highest BCUT2D eigenvalue weighted by atomic mass is 16.5. The Morgan fingerprint density at radius 3 is 2.42 bits per heavy atom. The molecule has 104 valence electrons. The monoisotopic (exact) mass is 259 g/mol. The molecule has 2 aliphatic rings. The van der Waals surface area contributed by atoms with Crippen LogP contribution in [0.2, 0.25) is 0 Å². The lowest BCUT2D eigenvalue weighted by molar-refractivity contribution is 0.302. The van der Waals surface area contributed by atoms with Crippen LogP contribution in [0, 0.1) is 5.92 Å². The fourth-order valence-electron chi connectivity index (χ4n) is 3.12. The molecule has 0 amide bonds. The zero-order chi connectivity index (χ0) is 13.1. The highest BCUT2D eigenvalue weighted by Gasteiger charge is 2.24. The largest absolute Gasteiger partial charge is 0.490 e. The van der Waals surface area contributed by atoms with E-state index in [1.54, 1.807) is 0 Å². The van der Waals surface area contributed by atoms with Crippen molar-refractivity contribution in [2.24, 2.45) is 11.7 Å². The lowest BCUT2D eigenvalue weighted by Gasteiger charge is -2.23. The van der Waals surface area contributed by atoms with Crippen molar-refractivity contribution in [2.45, 2.75) is 63.5 Å². The second-order valence-corrected chi connectivity index (χ2v) is 6.17. The van der Waals surface area contributed by atoms with Gasteiger partial charge in [0.05, 0.1) is 6.10 Å². The molecule has 1 aromatic rings. The molecule has 0 aromatic heterocycles. The molecule has 2 aliphatic carbocycles. The van der Waals surface area contributed by atoms with E-state index in [1.165, 1.54) is 56.9 Å². The molecular weight excluding hydrogens is 234 g/mol. The zero-order valence-electron chi connectivity index (χ0n) is 11.7. The third kappa shape index (κ3) is 3.50. The second kappa shape index (κ2) is 5.96. The molecule has 2 fully saturated rings. The third-order valence-corrected chi connectivity index (χ3v) is 4.48. The number of hydrogen-bond acceptors (Lipinski definition) is 2. The Hall–Kier alpha value is -1.02. The quantitative estimate of drug-likeness (QED) is 0.823. The topological polar surface area (TPSA) is 35.2 Å². The summed E-state index contributed by atoms with van der Waals surface area (Å²) < 4.78 is 5.87. The van der Waals surface area contributed by atoms with Crippen molar-refractivity contribution in [1.29, 1.82) is 0 Å². The van der Waals surface area contributed by atoms with Crippen LogP contribution in [0.1, 0.15) is 63.0 Å². The smallest absolute Gasteiger partial charge is 0.120 e. The Bertz CT molecular complexity index is 405. The molecule has 1 aromatic carbocycles. The van der Waals surface area contributed by atoms with Gasteiger partial charge in [-0.25, -0.2) is 0 Å². The van der Waals surface area contributed by atoms with Crippen LogP contribution in [0.4, 0.5) is 0 Å². The van der Waals surface area contributed by atoms with Crippen LogP contribution in [0.3, 0.4) is 0 Å². The number of nitrogens with two attached hydrogens (primary N) is 1. The Morgan fingerprint density at radius 2 is 1.74 bits per heavy atom. The highest BCUT2D eigenvalue weighted by Crippen LogP contribution is 2.34. The van der Waals surface area contributed by atoms with Crippen molar-refractivity contribution in [3.63, 3.8) is 0 Å². The van der Waals surface area contributed by atoms with E-state index in [9.17, 15) is 0 Å². The van der Waals surface area contributed by atoms with Crippen LogP contribution in [0.5, 0.6) is 5.75 Å². The van der Waals surface area contributed by atoms with Crippen molar-refractivity contribution in [3.8, 4) is 5.75 Å². The SMILES string of the molecule is NC(c1cccc(OC2CC2)c1)C1CCCCCC1. The van der Waals surface area contributed by atoms with Crippen molar-refractivity contribution in [3.05, 3.63) is 29.8 Å². The summed E-state index contributed by atoms with van der Waals surface area (Å²) in [5.41, 5.74) is 7.75. The zero-order valence-corrected chi connectivity index (χ0v) is 11.7. The summed E-state index contributed by atoms with van der Waals surface area (Å²) >= 11 is 0. The van der Waals surface area contributed by atoms with Crippen molar-refractivity contribution in [2.75, 3.05) is 0 Å². The van der Waals surface area contributed by atoms with Crippen molar-refractivity contribution in [1.82, 2.24) is 0 Å². The predicted molar refractivity (Wildman–Crippen MR) is 78.2 cm³/mol. The van der Waals surface area contributed by atoms with Gasteiger partial charge in [0.25, 0.3) is 0 Å². The van der Waals surface area contributed by atoms with Crippen LogP contribution in [-0.4, -0.2) is 6.10 Å². The first kappa shape index (κ1) is 13.0. The minimum Gasteiger partial charge on any atom is -0.490 e. The van der Waals surface area contributed by atoms with E-state index < -0.39 is 0 Å². The average Bonchev–Trinajstić information content (AvgIpc) is 3.24. The molecule has 0 bridgehead atoms. The normalized spacial score (nSPS) is 22.8. The molecule has 0 spiro atoms. The fraction of sp³-hybridized carbons (Fsp3) is 0.647. The summed E-state index contributed by atoms with van der Waals surface area (Å²) in [6.45, 7) is 0. The maximum absolute atomic E-state index is 6.50. The van der Waals surface area contributed by atoms with Gasteiger partial charge in [0.1, 0.15) is 5.75 Å². The minimum absolute atomic E-state index is 0.181. The van der Waals surface area contributed by atoms with Crippen LogP contribution >= 0.6 is 0 Å². The van der Waals surface area contributed by atoms with Crippen LogP contribution in [-0.2, 0) is 0 Å². The molecule has 0 heterocycles. The number of hydrogen-bond donors (Lipinski definition) is 1. The van der Waals surface area contributed by atoms with Gasteiger partial charge in [-0.1, -0.05) is 37.8 Å². The van der Waals surface area contributed by atoms with E-state index in [0.29, 0.717) is 12.0 Å². The second-order valence-electron chi connectivity index (χ2n) is 6.17. The average molecular weight is 259 g/mol. The molecule has 0 radical (unpaired) electrons. The maximum atomic E-state index is 6.50. The Morgan fingerprint density at radius 1 is 1.00 bits per heavy atom. The van der Waals surface area contributed by atoms with Gasteiger partial charge in [-0.05, 0) is 49.3 Å². The number of ether oxygens (including phenoxy) is 1. The lowest BCUT2D eigenvalue weighted by atomic mass is 9.88. The Kier molecular flexibility index (Phi) is 4.07. The van der Waals surface area contributed by atoms with Crippen LogP contribution in [0.15, 0.2) is 24.3 Å². The molecule has 1 atom stereocenters. The molecule has 2 saturated carbocycles. The van der Waals surface area contributed by atoms with Gasteiger partial charge in [0, 0.05) is 6.04 Å². The summed E-state index contributed by atoms with van der Waals surface area (Å²) in [4.78, 5) is 0. The van der Waals surface area contributed by atoms with Gasteiger partial charge in [-0.3, -0.25) is 0 Å². The van der Waals surface area contributed by atoms with Gasteiger partial charge in [0.2, 0.25) is 0 Å². The third-order valence-electron chi connectivity index (χ3n) is 4.48. The molecule has 19 heavy (non-hydrogen) atoms. The lowest BCUT2D eigenvalue weighted by Crippen LogP contribution is -2.21. The van der Waals surface area contributed by atoms with Gasteiger partial charge in [-0.2, -0.15) is 0 Å². The van der Waals surface area contributed by atoms with E-state index in [1.807, 2.05) is 0 Å². The van der Waals surface area contributed by atoms with E-state index >= 15 is 0 Å². The maximum Gasteiger partial charge on any atom is 0.120 e. The van der Waals surface area contributed by atoms with E-state index in [-0.39, 0.29) is 6.04 Å². The van der Waals surface area contributed by atoms with E-state index in [2.05, 4.69) is 24.3 Å². The molecule has 0 aliphatic heterocycles. The van der Waals surface area contributed by atoms with Crippen LogP contribution < -0.4 is 10.5 Å². The molecule has 3 rings (SSSR count). The highest BCUT2D eigenvalue weighted by molar-refractivity contribution is 5.31. The molecular formula is C17H25NO. The van der Waals surface area contributed by atoms with Crippen molar-refractivity contribution >= 4 is 0 Å².